The maximum absolute atomic E-state index is 12.5. The van der Waals surface area contributed by atoms with Gasteiger partial charge in [-0.05, 0) is 18.6 Å². The summed E-state index contributed by atoms with van der Waals surface area (Å²) < 4.78 is 6.64. The molecule has 1 saturated heterocycles. The Bertz CT molecular complexity index is 1530. The van der Waals surface area contributed by atoms with Crippen LogP contribution in [-0.2, 0) is 16.0 Å². The number of aromatic nitrogens is 3. The van der Waals surface area contributed by atoms with Crippen molar-refractivity contribution in [2.75, 3.05) is 25.0 Å². The fraction of sp³-hybridized carbons (Fsp3) is 0.333. The number of nitrogens with zero attached hydrogens (tertiary/aromatic N) is 2. The van der Waals surface area contributed by atoms with E-state index < -0.39 is 36.3 Å². The molecule has 38 heavy (non-hydrogen) atoms. The number of amides is 1. The lowest BCUT2D eigenvalue weighted by Gasteiger charge is -2.15. The summed E-state index contributed by atoms with van der Waals surface area (Å²) in [6.45, 7) is 0.602. The molecule has 3 atom stereocenters. The number of fused-ring (bicyclic) bond motifs is 2. The average molecular weight is 520 g/mol. The van der Waals surface area contributed by atoms with Gasteiger partial charge >= 0.3 is 5.69 Å². The van der Waals surface area contributed by atoms with Gasteiger partial charge in [0, 0.05) is 42.0 Å². The summed E-state index contributed by atoms with van der Waals surface area (Å²) >= 11 is 0. The van der Waals surface area contributed by atoms with Crippen molar-refractivity contribution >= 4 is 33.4 Å². The van der Waals surface area contributed by atoms with Crippen molar-refractivity contribution < 1.29 is 19.7 Å². The molecule has 1 aliphatic heterocycles. The second kappa shape index (κ2) is 11.1. The second-order valence-electron chi connectivity index (χ2n) is 9.26. The zero-order valence-corrected chi connectivity index (χ0v) is 20.6. The Morgan fingerprint density at radius 3 is 2.42 bits per heavy atom. The zero-order valence-electron chi connectivity index (χ0n) is 20.6. The van der Waals surface area contributed by atoms with E-state index in [2.05, 4.69) is 15.6 Å². The summed E-state index contributed by atoms with van der Waals surface area (Å²) in [4.78, 5) is 44.0. The van der Waals surface area contributed by atoms with E-state index in [0.717, 1.165) is 32.1 Å². The molecule has 1 amide bonds. The molecule has 5 N–H and O–H groups in total. The van der Waals surface area contributed by atoms with Crippen molar-refractivity contribution in [1.29, 1.82) is 0 Å². The topological polar surface area (TPSA) is 159 Å². The fourth-order valence-electron chi connectivity index (χ4n) is 4.71. The van der Waals surface area contributed by atoms with Crippen LogP contribution in [0.5, 0.6) is 0 Å². The summed E-state index contributed by atoms with van der Waals surface area (Å²) in [6.07, 6.45) is -0.823. The van der Waals surface area contributed by atoms with E-state index in [1.54, 1.807) is 0 Å². The van der Waals surface area contributed by atoms with Gasteiger partial charge < -0.3 is 25.6 Å². The smallest absolute Gasteiger partial charge is 0.330 e. The zero-order chi connectivity index (χ0) is 26.6. The minimum atomic E-state index is -0.938. The number of carbonyl (C=O) groups excluding carboxylic acids is 1. The van der Waals surface area contributed by atoms with E-state index in [1.807, 2.05) is 48.5 Å². The number of H-pyrrole nitrogens is 1. The highest BCUT2D eigenvalue weighted by Crippen LogP contribution is 2.30. The van der Waals surface area contributed by atoms with Crippen molar-refractivity contribution in [2.24, 2.45) is 0 Å². The molecular formula is C27H29N5O6. The average Bonchev–Trinajstić information content (AvgIpc) is 3.29. The van der Waals surface area contributed by atoms with Crippen LogP contribution in [-0.4, -0.2) is 62.6 Å². The van der Waals surface area contributed by atoms with Crippen LogP contribution in [0.1, 0.15) is 24.6 Å². The van der Waals surface area contributed by atoms with E-state index in [0.29, 0.717) is 19.5 Å². The van der Waals surface area contributed by atoms with Crippen LogP contribution in [0.2, 0.25) is 0 Å². The van der Waals surface area contributed by atoms with Gasteiger partial charge in [0.2, 0.25) is 5.91 Å². The van der Waals surface area contributed by atoms with Crippen LogP contribution < -0.4 is 21.9 Å². The number of anilines is 1. The van der Waals surface area contributed by atoms with Crippen molar-refractivity contribution in [2.45, 2.75) is 37.7 Å². The quantitative estimate of drug-likeness (QED) is 0.162. The molecule has 1 aliphatic rings. The minimum Gasteiger partial charge on any atom is -0.394 e. The lowest BCUT2D eigenvalue weighted by Crippen LogP contribution is -2.36. The lowest BCUT2D eigenvalue weighted by atomic mass is 10.1. The lowest BCUT2D eigenvalue weighted by molar-refractivity contribution is -0.120. The number of aromatic amines is 1. The van der Waals surface area contributed by atoms with Crippen LogP contribution in [0, 0.1) is 0 Å². The Balaban J connectivity index is 1.18. The Kier molecular flexibility index (Phi) is 7.50. The number of carbonyl (C=O) groups is 1. The maximum Gasteiger partial charge on any atom is 0.330 e. The standard InChI is InChI=1S/C27H29N5O6/c33-15-22-21(34)13-24(38-22)32-14-16(26(36)31-27(32)37)12-23(35)28-10-5-11-29-25-17-6-1-3-8-19(17)30-20-9-4-2-7-18(20)25/h1-4,6-9,14,21-22,24,33-34H,5,10-13,15H2,(H,28,35)(H,29,30)(H,31,36,37)/t21-,22+,24+/m0/s1. The van der Waals surface area contributed by atoms with Crippen molar-refractivity contribution in [3.8, 4) is 0 Å². The summed E-state index contributed by atoms with van der Waals surface area (Å²) in [5, 5.41) is 27.6. The first kappa shape index (κ1) is 25.6. The number of pyridine rings is 1. The van der Waals surface area contributed by atoms with Gasteiger partial charge in [-0.1, -0.05) is 36.4 Å². The first-order valence-electron chi connectivity index (χ1n) is 12.5. The molecule has 0 bridgehead atoms. The molecular weight excluding hydrogens is 490 g/mol. The molecule has 2 aromatic heterocycles. The van der Waals surface area contributed by atoms with Gasteiger partial charge in [-0.15, -0.1) is 0 Å². The van der Waals surface area contributed by atoms with Crippen LogP contribution in [0.4, 0.5) is 5.69 Å². The van der Waals surface area contributed by atoms with Crippen molar-refractivity contribution in [3.63, 3.8) is 0 Å². The van der Waals surface area contributed by atoms with E-state index in [-0.39, 0.29) is 24.3 Å². The van der Waals surface area contributed by atoms with Crippen LogP contribution in [0.3, 0.4) is 0 Å². The van der Waals surface area contributed by atoms with Gasteiger partial charge in [0.05, 0.1) is 35.9 Å². The number of rotatable bonds is 9. The minimum absolute atomic E-state index is 0.0812. The van der Waals surface area contributed by atoms with E-state index in [1.165, 1.54) is 6.20 Å². The SMILES string of the molecule is O=C(Cc1cn([C@H]2C[C@H](O)[C@@H](CO)O2)c(=O)[nH]c1=O)NCCCNc1c2ccccc2nc2ccccc12. The molecule has 0 radical (unpaired) electrons. The van der Waals surface area contributed by atoms with Gasteiger partial charge in [-0.25, -0.2) is 9.78 Å². The number of aliphatic hydroxyl groups is 2. The van der Waals surface area contributed by atoms with Gasteiger partial charge in [-0.3, -0.25) is 19.1 Å². The molecule has 0 saturated carbocycles. The summed E-state index contributed by atoms with van der Waals surface area (Å²) in [5.41, 5.74) is 1.53. The third-order valence-electron chi connectivity index (χ3n) is 6.65. The third-order valence-corrected chi connectivity index (χ3v) is 6.65. The molecule has 0 aliphatic carbocycles. The van der Waals surface area contributed by atoms with Gasteiger partial charge in [0.1, 0.15) is 12.3 Å². The Morgan fingerprint density at radius 2 is 1.76 bits per heavy atom. The molecule has 198 valence electrons. The molecule has 0 unspecified atom stereocenters. The summed E-state index contributed by atoms with van der Waals surface area (Å²) in [5.74, 6) is -0.360. The first-order chi connectivity index (χ1) is 18.4. The highest BCUT2D eigenvalue weighted by molar-refractivity contribution is 6.07. The number of aliphatic hydroxyl groups excluding tert-OH is 2. The Labute approximate surface area is 217 Å². The number of para-hydroxylation sites is 2. The Morgan fingerprint density at radius 1 is 1.08 bits per heavy atom. The molecule has 2 aromatic carbocycles. The van der Waals surface area contributed by atoms with Gasteiger partial charge in [0.15, 0.2) is 0 Å². The maximum atomic E-state index is 12.5. The van der Waals surface area contributed by atoms with Gasteiger partial charge in [-0.2, -0.15) is 0 Å². The monoisotopic (exact) mass is 519 g/mol. The number of benzene rings is 2. The highest BCUT2D eigenvalue weighted by atomic mass is 16.5. The molecule has 0 spiro atoms. The van der Waals surface area contributed by atoms with Crippen molar-refractivity contribution in [1.82, 2.24) is 19.9 Å². The third kappa shape index (κ3) is 5.30. The van der Waals surface area contributed by atoms with Crippen molar-refractivity contribution in [3.05, 3.63) is 81.1 Å². The molecule has 3 heterocycles. The largest absolute Gasteiger partial charge is 0.394 e. The van der Waals surface area contributed by atoms with E-state index in [4.69, 9.17) is 9.72 Å². The predicted octanol–water partition coefficient (Wildman–Crippen LogP) is 1.04. The first-order valence-corrected chi connectivity index (χ1v) is 12.5. The van der Waals surface area contributed by atoms with E-state index >= 15 is 0 Å². The van der Waals surface area contributed by atoms with E-state index in [9.17, 15) is 24.6 Å². The number of nitrogens with one attached hydrogen (secondary N) is 3. The highest BCUT2D eigenvalue weighted by Gasteiger charge is 2.35. The molecule has 11 nitrogen and oxygen atoms in total. The number of hydrogen-bond donors (Lipinski definition) is 5. The number of ether oxygens (including phenoxy) is 1. The van der Waals surface area contributed by atoms with Crippen LogP contribution >= 0.6 is 0 Å². The predicted molar refractivity (Wildman–Crippen MR) is 142 cm³/mol. The Hall–Kier alpha value is -4.06. The molecule has 1 fully saturated rings. The molecule has 5 rings (SSSR count). The van der Waals surface area contributed by atoms with Gasteiger partial charge in [0.25, 0.3) is 5.56 Å². The summed E-state index contributed by atoms with van der Waals surface area (Å²) in [7, 11) is 0. The second-order valence-corrected chi connectivity index (χ2v) is 9.26. The molecule has 11 heteroatoms. The summed E-state index contributed by atoms with van der Waals surface area (Å²) in [6, 6.07) is 15.9. The van der Waals surface area contributed by atoms with Crippen LogP contribution in [0.25, 0.3) is 21.8 Å². The fourth-order valence-corrected chi connectivity index (χ4v) is 4.71. The number of hydrogen-bond acceptors (Lipinski definition) is 8. The van der Waals surface area contributed by atoms with Crippen LogP contribution in [0.15, 0.2) is 64.3 Å². The molecule has 4 aromatic rings. The normalized spacial score (nSPS) is 19.2.